The number of hydrogen-bond donors (Lipinski definition) is 1. The zero-order valence-corrected chi connectivity index (χ0v) is 15.0. The summed E-state index contributed by atoms with van der Waals surface area (Å²) >= 11 is 0. The van der Waals surface area contributed by atoms with Gasteiger partial charge in [-0.2, -0.15) is 0 Å². The lowest BCUT2D eigenvalue weighted by molar-refractivity contribution is -0.143. The number of amides is 2. The highest BCUT2D eigenvalue weighted by molar-refractivity contribution is 5.93. The number of hydrogen-bond acceptors (Lipinski definition) is 5. The number of aromatic nitrogens is 5. The van der Waals surface area contributed by atoms with E-state index in [1.165, 1.54) is 0 Å². The van der Waals surface area contributed by atoms with Gasteiger partial charge in [0, 0.05) is 38.4 Å². The van der Waals surface area contributed by atoms with Crippen molar-refractivity contribution in [3.8, 4) is 0 Å². The predicted molar refractivity (Wildman–Crippen MR) is 92.9 cm³/mol. The van der Waals surface area contributed by atoms with Crippen molar-refractivity contribution in [1.29, 1.82) is 0 Å². The summed E-state index contributed by atoms with van der Waals surface area (Å²) in [5, 5.41) is 10.7. The van der Waals surface area contributed by atoms with E-state index in [2.05, 4.69) is 20.5 Å². The minimum atomic E-state index is -0.364. The fourth-order valence-electron chi connectivity index (χ4n) is 3.73. The molecule has 0 spiro atoms. The van der Waals surface area contributed by atoms with Crippen LogP contribution >= 0.6 is 0 Å². The van der Waals surface area contributed by atoms with Gasteiger partial charge in [0.15, 0.2) is 0 Å². The van der Waals surface area contributed by atoms with Gasteiger partial charge in [0.1, 0.15) is 18.2 Å². The molecule has 0 radical (unpaired) electrons. The highest BCUT2D eigenvalue weighted by Crippen LogP contribution is 2.43. The van der Waals surface area contributed by atoms with E-state index in [0.717, 1.165) is 18.7 Å². The molecular weight excluding hydrogens is 334 g/mol. The molecule has 2 aliphatic rings. The Labute approximate surface area is 151 Å². The molecule has 1 saturated carbocycles. The molecule has 0 unspecified atom stereocenters. The van der Waals surface area contributed by atoms with Gasteiger partial charge in [-0.15, -0.1) is 10.2 Å². The molecule has 3 heterocycles. The highest BCUT2D eigenvalue weighted by Gasteiger charge is 2.48. The van der Waals surface area contributed by atoms with Gasteiger partial charge in [0.05, 0.1) is 5.92 Å². The molecule has 2 amide bonds. The van der Waals surface area contributed by atoms with E-state index in [-0.39, 0.29) is 29.8 Å². The number of nitrogens with one attached hydrogen (secondary N) is 1. The fourth-order valence-corrected chi connectivity index (χ4v) is 3.73. The van der Waals surface area contributed by atoms with Crippen LogP contribution in [0, 0.1) is 5.92 Å². The maximum Gasteiger partial charge on any atom is 0.232 e. The Morgan fingerprint density at radius 2 is 2.15 bits per heavy atom. The van der Waals surface area contributed by atoms with Crippen molar-refractivity contribution in [3.05, 3.63) is 24.5 Å². The van der Waals surface area contributed by atoms with Crippen LogP contribution in [0.25, 0.3) is 0 Å². The van der Waals surface area contributed by atoms with Crippen molar-refractivity contribution in [2.24, 2.45) is 13.0 Å². The largest absolute Gasteiger partial charge is 0.336 e. The molecule has 1 aliphatic carbocycles. The van der Waals surface area contributed by atoms with Gasteiger partial charge in [-0.1, -0.05) is 0 Å². The molecule has 2 fully saturated rings. The number of rotatable bonds is 5. The van der Waals surface area contributed by atoms with Crippen LogP contribution in [0.1, 0.15) is 44.5 Å². The first-order valence-electron chi connectivity index (χ1n) is 9.07. The predicted octanol–water partition coefficient (Wildman–Crippen LogP) is 1.11. The summed E-state index contributed by atoms with van der Waals surface area (Å²) in [5.74, 6) is 0.796. The molecule has 1 saturated heterocycles. The monoisotopic (exact) mass is 357 g/mol. The van der Waals surface area contributed by atoms with E-state index in [1.807, 2.05) is 29.6 Å². The Kier molecular flexibility index (Phi) is 4.21. The number of piperidine rings is 1. The van der Waals surface area contributed by atoms with Crippen LogP contribution in [0.3, 0.4) is 0 Å². The highest BCUT2D eigenvalue weighted by atomic mass is 16.2. The van der Waals surface area contributed by atoms with Gasteiger partial charge in [-0.05, 0) is 26.2 Å². The van der Waals surface area contributed by atoms with E-state index in [0.29, 0.717) is 25.3 Å². The van der Waals surface area contributed by atoms with Crippen molar-refractivity contribution < 1.29 is 9.59 Å². The second-order valence-electron chi connectivity index (χ2n) is 6.95. The maximum atomic E-state index is 13.1. The van der Waals surface area contributed by atoms with Gasteiger partial charge in [-0.25, -0.2) is 4.98 Å². The number of anilines is 1. The third-order valence-corrected chi connectivity index (χ3v) is 5.23. The smallest absolute Gasteiger partial charge is 0.232 e. The van der Waals surface area contributed by atoms with Crippen LogP contribution in [0.4, 0.5) is 5.95 Å². The maximum absolute atomic E-state index is 13.1. The summed E-state index contributed by atoms with van der Waals surface area (Å²) in [6.45, 7) is 2.63. The third kappa shape index (κ3) is 2.87. The summed E-state index contributed by atoms with van der Waals surface area (Å²) in [7, 11) is 1.90. The van der Waals surface area contributed by atoms with Crippen molar-refractivity contribution in [2.45, 2.75) is 51.2 Å². The summed E-state index contributed by atoms with van der Waals surface area (Å²) in [6.07, 6.45) is 8.02. The standard InChI is InChI=1S/C17H23N7O2/c1-3-23-10-19-21-17(23)20-16(26)12-6-7-13(25)24(11-4-5-11)14(12)15-18-8-9-22(15)2/h8-12,14H,3-7H2,1-2H3,(H,20,21,26)/t12-,14-/m0/s1. The molecule has 9 heteroatoms. The van der Waals surface area contributed by atoms with E-state index in [9.17, 15) is 9.59 Å². The molecule has 2 aromatic rings. The summed E-state index contributed by atoms with van der Waals surface area (Å²) in [5.41, 5.74) is 0. The first kappa shape index (κ1) is 16.7. The molecular formula is C17H23N7O2. The molecule has 2 aromatic heterocycles. The minimum Gasteiger partial charge on any atom is -0.336 e. The van der Waals surface area contributed by atoms with Gasteiger partial charge in [0.25, 0.3) is 0 Å². The number of carbonyl (C=O) groups excluding carboxylic acids is 2. The molecule has 1 aliphatic heterocycles. The zero-order chi connectivity index (χ0) is 18.3. The minimum absolute atomic E-state index is 0.112. The lowest BCUT2D eigenvalue weighted by atomic mass is 9.87. The van der Waals surface area contributed by atoms with Crippen LogP contribution < -0.4 is 5.32 Å². The van der Waals surface area contributed by atoms with Crippen molar-refractivity contribution in [3.63, 3.8) is 0 Å². The number of likely N-dealkylation sites (tertiary alicyclic amines) is 1. The summed E-state index contributed by atoms with van der Waals surface area (Å²) in [4.78, 5) is 32.0. The molecule has 0 bridgehead atoms. The lowest BCUT2D eigenvalue weighted by Crippen LogP contribution is -2.48. The Balaban J connectivity index is 1.65. The Bertz CT molecular complexity index is 823. The Hall–Kier alpha value is -2.71. The Morgan fingerprint density at radius 3 is 2.81 bits per heavy atom. The molecule has 4 rings (SSSR count). The summed E-state index contributed by atoms with van der Waals surface area (Å²) < 4.78 is 3.67. The quantitative estimate of drug-likeness (QED) is 0.864. The molecule has 26 heavy (non-hydrogen) atoms. The lowest BCUT2D eigenvalue weighted by Gasteiger charge is -2.40. The van der Waals surface area contributed by atoms with E-state index in [1.54, 1.807) is 17.1 Å². The van der Waals surface area contributed by atoms with Gasteiger partial charge < -0.3 is 14.0 Å². The van der Waals surface area contributed by atoms with E-state index < -0.39 is 0 Å². The van der Waals surface area contributed by atoms with Crippen molar-refractivity contribution >= 4 is 17.8 Å². The second-order valence-corrected chi connectivity index (χ2v) is 6.95. The number of aryl methyl sites for hydroxylation is 2. The van der Waals surface area contributed by atoms with Crippen molar-refractivity contribution in [1.82, 2.24) is 29.2 Å². The van der Waals surface area contributed by atoms with Crippen LogP contribution in [0.15, 0.2) is 18.7 Å². The van der Waals surface area contributed by atoms with Crippen LogP contribution in [0.2, 0.25) is 0 Å². The van der Waals surface area contributed by atoms with Gasteiger partial charge in [0.2, 0.25) is 17.8 Å². The van der Waals surface area contributed by atoms with E-state index in [4.69, 9.17) is 0 Å². The third-order valence-electron chi connectivity index (χ3n) is 5.23. The molecule has 1 N–H and O–H groups in total. The second kappa shape index (κ2) is 6.54. The average Bonchev–Trinajstić information content (AvgIpc) is 3.21. The van der Waals surface area contributed by atoms with Crippen LogP contribution in [-0.4, -0.2) is 47.1 Å². The van der Waals surface area contributed by atoms with Crippen LogP contribution in [0.5, 0.6) is 0 Å². The fraction of sp³-hybridized carbons (Fsp3) is 0.588. The number of carbonyl (C=O) groups is 2. The molecule has 9 nitrogen and oxygen atoms in total. The normalized spacial score (nSPS) is 23.3. The SMILES string of the molecule is CCn1cnnc1NC(=O)[C@H]1CCC(=O)N(C2CC2)[C@@H]1c1nccn1C. The van der Waals surface area contributed by atoms with Crippen LogP contribution in [-0.2, 0) is 23.2 Å². The summed E-state index contributed by atoms with van der Waals surface area (Å²) in [6, 6.07) is -0.124. The average molecular weight is 357 g/mol. The zero-order valence-electron chi connectivity index (χ0n) is 15.0. The number of nitrogens with zero attached hydrogens (tertiary/aromatic N) is 6. The molecule has 138 valence electrons. The van der Waals surface area contributed by atoms with Gasteiger partial charge in [-0.3, -0.25) is 14.9 Å². The molecule has 0 aromatic carbocycles. The number of imidazole rings is 1. The first-order valence-corrected chi connectivity index (χ1v) is 9.07. The molecule has 2 atom stereocenters. The Morgan fingerprint density at radius 1 is 1.35 bits per heavy atom. The topological polar surface area (TPSA) is 97.9 Å². The van der Waals surface area contributed by atoms with Crippen molar-refractivity contribution in [2.75, 3.05) is 5.32 Å². The van der Waals surface area contributed by atoms with Gasteiger partial charge >= 0.3 is 0 Å². The van der Waals surface area contributed by atoms with E-state index >= 15 is 0 Å². The first-order chi connectivity index (χ1) is 12.6.